The van der Waals surface area contributed by atoms with E-state index in [1.165, 1.54) is 0 Å². The van der Waals surface area contributed by atoms with Crippen molar-refractivity contribution in [1.29, 1.82) is 0 Å². The van der Waals surface area contributed by atoms with E-state index in [1.54, 1.807) is 0 Å². The summed E-state index contributed by atoms with van der Waals surface area (Å²) in [4.78, 5) is 22.1. The van der Waals surface area contributed by atoms with Gasteiger partial charge in [-0.1, -0.05) is 18.2 Å². The summed E-state index contributed by atoms with van der Waals surface area (Å²) in [5, 5.41) is 20.4. The van der Waals surface area contributed by atoms with Crippen molar-refractivity contribution in [2.45, 2.75) is 24.9 Å². The van der Waals surface area contributed by atoms with E-state index < -0.39 is 30.0 Å². The molecule has 1 aliphatic rings. The predicted molar refractivity (Wildman–Crippen MR) is 85.5 cm³/mol. The molecule has 0 aromatic heterocycles. The second kappa shape index (κ2) is 9.25. The fraction of sp³-hybridized carbons (Fsp3) is 0.357. The molecule has 1 heterocycles. The summed E-state index contributed by atoms with van der Waals surface area (Å²) in [6, 6.07) is 7.99. The SMILES string of the molecule is CNC1(C)N=C(N)Nc2ccccc21.O=C(O)C(F)(F)F.O=C(O)C(F)(F)F. The van der Waals surface area contributed by atoms with E-state index in [0.29, 0.717) is 5.96 Å². The van der Waals surface area contributed by atoms with Crippen LogP contribution in [0, 0.1) is 0 Å². The van der Waals surface area contributed by atoms with Crippen LogP contribution in [0.4, 0.5) is 32.0 Å². The number of carboxylic acids is 2. The zero-order valence-electron chi connectivity index (χ0n) is 14.3. The maximum absolute atomic E-state index is 10.6. The molecule has 8 nitrogen and oxygen atoms in total. The Morgan fingerprint density at radius 1 is 1.07 bits per heavy atom. The van der Waals surface area contributed by atoms with E-state index in [2.05, 4.69) is 15.6 Å². The lowest BCUT2D eigenvalue weighted by Gasteiger charge is -2.32. The van der Waals surface area contributed by atoms with Gasteiger partial charge in [0.25, 0.3) is 0 Å². The average molecular weight is 418 g/mol. The van der Waals surface area contributed by atoms with Crippen molar-refractivity contribution >= 4 is 23.6 Å². The normalized spacial score (nSPS) is 18.1. The van der Waals surface area contributed by atoms with Crippen molar-refractivity contribution in [1.82, 2.24) is 5.32 Å². The third-order valence-electron chi connectivity index (χ3n) is 3.03. The minimum Gasteiger partial charge on any atom is -0.475 e. The minimum absolute atomic E-state index is 0.425. The topological polar surface area (TPSA) is 137 Å². The largest absolute Gasteiger partial charge is 0.490 e. The third kappa shape index (κ3) is 7.69. The Morgan fingerprint density at radius 2 is 1.46 bits per heavy atom. The van der Waals surface area contributed by atoms with Crippen molar-refractivity contribution < 1.29 is 46.1 Å². The van der Waals surface area contributed by atoms with Crippen LogP contribution in [-0.4, -0.2) is 47.5 Å². The number of carboxylic acid groups (broad SMARTS) is 2. The molecule has 0 radical (unpaired) electrons. The first-order valence-electron chi connectivity index (χ1n) is 7.05. The number of nitrogens with two attached hydrogens (primary N) is 1. The van der Waals surface area contributed by atoms with Crippen molar-refractivity contribution in [3.63, 3.8) is 0 Å². The molecule has 0 aliphatic carbocycles. The number of fused-ring (bicyclic) bond motifs is 1. The quantitative estimate of drug-likeness (QED) is 0.441. The molecule has 1 aromatic carbocycles. The first kappa shape index (κ1) is 25.0. The highest BCUT2D eigenvalue weighted by atomic mass is 19.4. The summed E-state index contributed by atoms with van der Waals surface area (Å²) in [6.07, 6.45) is -10.2. The number of nitrogens with zero attached hydrogens (tertiary/aromatic N) is 1. The highest BCUT2D eigenvalue weighted by Crippen LogP contribution is 2.31. The van der Waals surface area contributed by atoms with Crippen LogP contribution in [0.1, 0.15) is 12.5 Å². The summed E-state index contributed by atoms with van der Waals surface area (Å²) in [5.74, 6) is -5.07. The maximum atomic E-state index is 10.6. The molecule has 1 aromatic rings. The number of aliphatic carboxylic acids is 2. The molecule has 2 rings (SSSR count). The molecule has 0 saturated carbocycles. The van der Waals surface area contributed by atoms with Gasteiger partial charge in [-0.3, -0.25) is 5.32 Å². The second-order valence-electron chi connectivity index (χ2n) is 5.10. The second-order valence-corrected chi connectivity index (χ2v) is 5.10. The van der Waals surface area contributed by atoms with Gasteiger partial charge < -0.3 is 21.3 Å². The average Bonchev–Trinajstić information content (AvgIpc) is 2.54. The molecule has 0 saturated heterocycles. The number of aliphatic imine (C=N–C) groups is 1. The van der Waals surface area contributed by atoms with Gasteiger partial charge in [-0.15, -0.1) is 0 Å². The van der Waals surface area contributed by atoms with Crippen LogP contribution in [0.25, 0.3) is 0 Å². The molecule has 14 heteroatoms. The van der Waals surface area contributed by atoms with Gasteiger partial charge in [-0.25, -0.2) is 14.6 Å². The van der Waals surface area contributed by atoms with Crippen molar-refractivity contribution in [2.24, 2.45) is 10.7 Å². The molecule has 0 bridgehead atoms. The monoisotopic (exact) mass is 418 g/mol. The smallest absolute Gasteiger partial charge is 0.475 e. The first-order chi connectivity index (χ1) is 12.5. The number of halogens is 6. The van der Waals surface area contributed by atoms with Gasteiger partial charge in [0.1, 0.15) is 5.66 Å². The molecule has 0 spiro atoms. The van der Waals surface area contributed by atoms with Gasteiger partial charge in [0, 0.05) is 11.3 Å². The van der Waals surface area contributed by atoms with Gasteiger partial charge >= 0.3 is 24.3 Å². The number of hydrogen-bond donors (Lipinski definition) is 5. The first-order valence-corrected chi connectivity index (χ1v) is 7.05. The summed E-state index contributed by atoms with van der Waals surface area (Å²) in [6.45, 7) is 2.00. The number of alkyl halides is 6. The van der Waals surface area contributed by atoms with Crippen LogP contribution in [0.3, 0.4) is 0 Å². The van der Waals surface area contributed by atoms with Crippen molar-refractivity contribution in [2.75, 3.05) is 12.4 Å². The highest BCUT2D eigenvalue weighted by Gasteiger charge is 2.38. The van der Waals surface area contributed by atoms with Gasteiger partial charge in [0.2, 0.25) is 0 Å². The fourth-order valence-electron chi connectivity index (χ4n) is 1.67. The molecular formula is C14H16F6N4O4. The number of anilines is 1. The zero-order valence-corrected chi connectivity index (χ0v) is 14.3. The van der Waals surface area contributed by atoms with Crippen LogP contribution in [0.15, 0.2) is 29.3 Å². The van der Waals surface area contributed by atoms with Gasteiger partial charge in [-0.2, -0.15) is 26.3 Å². The number of nitrogens with one attached hydrogen (secondary N) is 2. The number of para-hydroxylation sites is 1. The maximum Gasteiger partial charge on any atom is 0.490 e. The number of guanidine groups is 1. The number of rotatable bonds is 1. The Labute approximate surface area is 154 Å². The van der Waals surface area contributed by atoms with E-state index in [0.717, 1.165) is 11.3 Å². The molecule has 6 N–H and O–H groups in total. The molecular weight excluding hydrogens is 402 g/mol. The van der Waals surface area contributed by atoms with Gasteiger partial charge in [-0.05, 0) is 20.0 Å². The van der Waals surface area contributed by atoms with Crippen LogP contribution in [-0.2, 0) is 15.3 Å². The minimum atomic E-state index is -5.08. The van der Waals surface area contributed by atoms with Crippen LogP contribution in [0.2, 0.25) is 0 Å². The van der Waals surface area contributed by atoms with E-state index in [-0.39, 0.29) is 0 Å². The van der Waals surface area contributed by atoms with E-state index in [4.69, 9.17) is 25.5 Å². The molecule has 1 unspecified atom stereocenters. The number of benzene rings is 1. The van der Waals surface area contributed by atoms with Crippen LogP contribution >= 0.6 is 0 Å². The van der Waals surface area contributed by atoms with E-state index in [9.17, 15) is 26.3 Å². The molecule has 158 valence electrons. The van der Waals surface area contributed by atoms with Crippen LogP contribution in [0.5, 0.6) is 0 Å². The molecule has 28 heavy (non-hydrogen) atoms. The van der Waals surface area contributed by atoms with Crippen LogP contribution < -0.4 is 16.4 Å². The Morgan fingerprint density at radius 3 is 1.82 bits per heavy atom. The Balaban J connectivity index is 0.000000444. The fourth-order valence-corrected chi connectivity index (χ4v) is 1.67. The zero-order chi connectivity index (χ0) is 22.3. The lowest BCUT2D eigenvalue weighted by molar-refractivity contribution is -0.193. The summed E-state index contributed by atoms with van der Waals surface area (Å²) in [7, 11) is 1.87. The van der Waals surface area contributed by atoms with E-state index >= 15 is 0 Å². The number of hydrogen-bond acceptors (Lipinski definition) is 6. The van der Waals surface area contributed by atoms with Gasteiger partial charge in [0.05, 0.1) is 0 Å². The Kier molecular flexibility index (Phi) is 8.25. The lowest BCUT2D eigenvalue weighted by Crippen LogP contribution is -2.42. The highest BCUT2D eigenvalue weighted by molar-refractivity contribution is 5.95. The summed E-state index contributed by atoms with van der Waals surface area (Å²) >= 11 is 0. The lowest BCUT2D eigenvalue weighted by atomic mass is 9.98. The molecule has 1 atom stereocenters. The Bertz CT molecular complexity index is 711. The van der Waals surface area contributed by atoms with Crippen molar-refractivity contribution in [3.05, 3.63) is 29.8 Å². The Hall–Kier alpha value is -3.03. The summed E-state index contributed by atoms with van der Waals surface area (Å²) < 4.78 is 63.5. The molecule has 0 amide bonds. The standard InChI is InChI=1S/C10H14N4.2C2HF3O2/c1-10(12-2)7-5-3-4-6-8(7)13-9(11)14-10;2*3-2(4,5)1(6)7/h3-6,12H,1-2H3,(H3,11,13,14);2*(H,6,7). The third-order valence-corrected chi connectivity index (χ3v) is 3.03. The molecule has 1 aliphatic heterocycles. The van der Waals surface area contributed by atoms with Gasteiger partial charge in [0.15, 0.2) is 5.96 Å². The number of carbonyl (C=O) groups is 2. The predicted octanol–water partition coefficient (Wildman–Crippen LogP) is 2.09. The van der Waals surface area contributed by atoms with Crippen molar-refractivity contribution in [3.8, 4) is 0 Å². The molecule has 0 fully saturated rings. The van der Waals surface area contributed by atoms with E-state index in [1.807, 2.05) is 38.2 Å². The summed E-state index contributed by atoms with van der Waals surface area (Å²) in [5.41, 5.74) is 7.39.